The van der Waals surface area contributed by atoms with Crippen LogP contribution in [0.15, 0.2) is 9.59 Å². The van der Waals surface area contributed by atoms with Gasteiger partial charge in [-0.25, -0.2) is 4.68 Å². The third kappa shape index (κ3) is 2.28. The van der Waals surface area contributed by atoms with Crippen molar-refractivity contribution in [2.75, 3.05) is 13.2 Å². The Morgan fingerprint density at radius 3 is 2.72 bits per heavy atom. The molecule has 1 fully saturated rings. The van der Waals surface area contributed by atoms with Gasteiger partial charge in [0.15, 0.2) is 5.78 Å². The minimum absolute atomic E-state index is 0.0755. The van der Waals surface area contributed by atoms with E-state index in [1.165, 1.54) is 0 Å². The van der Waals surface area contributed by atoms with E-state index < -0.39 is 0 Å². The van der Waals surface area contributed by atoms with Crippen LogP contribution in [0.3, 0.4) is 0 Å². The van der Waals surface area contributed by atoms with Crippen LogP contribution in [0.2, 0.25) is 0 Å². The summed E-state index contributed by atoms with van der Waals surface area (Å²) in [6.07, 6.45) is 0.683. The average molecular weight is 252 g/mol. The fourth-order valence-corrected chi connectivity index (χ4v) is 1.98. The molecular weight excluding hydrogens is 236 g/mol. The quantitative estimate of drug-likeness (QED) is 0.805. The molecule has 1 aliphatic rings. The van der Waals surface area contributed by atoms with Crippen molar-refractivity contribution in [3.05, 3.63) is 31.8 Å². The summed E-state index contributed by atoms with van der Waals surface area (Å²) in [5.74, 6) is -0.240. The zero-order valence-corrected chi connectivity index (χ0v) is 10.5. The molecule has 0 amide bonds. The molecule has 0 spiro atoms. The second-order valence-corrected chi connectivity index (χ2v) is 4.61. The van der Waals surface area contributed by atoms with Crippen LogP contribution in [0.4, 0.5) is 0 Å². The molecule has 1 saturated heterocycles. The molecule has 1 aliphatic heterocycles. The number of ketones is 1. The van der Waals surface area contributed by atoms with Crippen molar-refractivity contribution in [2.24, 2.45) is 5.92 Å². The maximum absolute atomic E-state index is 11.9. The van der Waals surface area contributed by atoms with Gasteiger partial charge in [0, 0.05) is 23.7 Å². The fraction of sp³-hybridized carbons (Fsp3) is 0.583. The minimum atomic E-state index is -0.331. The van der Waals surface area contributed by atoms with E-state index in [1.54, 1.807) is 13.8 Å². The summed E-state index contributed by atoms with van der Waals surface area (Å²) >= 11 is 0. The largest absolute Gasteiger partial charge is 0.381 e. The molecule has 2 heterocycles. The van der Waals surface area contributed by atoms with Crippen LogP contribution in [0.5, 0.6) is 0 Å². The molecule has 6 heteroatoms. The van der Waals surface area contributed by atoms with Crippen LogP contribution in [0.25, 0.3) is 0 Å². The Bertz CT molecular complexity index is 579. The summed E-state index contributed by atoms with van der Waals surface area (Å²) in [5.41, 5.74) is 0.129. The molecule has 1 unspecified atom stereocenters. The highest BCUT2D eigenvalue weighted by Gasteiger charge is 2.24. The van der Waals surface area contributed by atoms with Crippen LogP contribution >= 0.6 is 0 Å². The van der Waals surface area contributed by atoms with E-state index in [0.717, 1.165) is 4.68 Å². The second-order valence-electron chi connectivity index (χ2n) is 4.61. The molecule has 6 nitrogen and oxygen atoms in total. The summed E-state index contributed by atoms with van der Waals surface area (Å²) in [7, 11) is 0. The molecule has 0 bridgehead atoms. The second kappa shape index (κ2) is 4.89. The molecule has 1 aromatic rings. The highest BCUT2D eigenvalue weighted by Crippen LogP contribution is 2.13. The molecule has 98 valence electrons. The molecule has 1 atom stereocenters. The Hall–Kier alpha value is -1.69. The maximum Gasteiger partial charge on any atom is 0.268 e. The van der Waals surface area contributed by atoms with E-state index in [1.807, 2.05) is 0 Å². The van der Waals surface area contributed by atoms with Gasteiger partial charge in [-0.15, -0.1) is 0 Å². The lowest BCUT2D eigenvalue weighted by Gasteiger charge is -2.10. The molecule has 0 saturated carbocycles. The van der Waals surface area contributed by atoms with Gasteiger partial charge in [-0.1, -0.05) is 0 Å². The predicted octanol–water partition coefficient (Wildman–Crippen LogP) is -0.241. The number of hydrogen-bond donors (Lipinski definition) is 1. The zero-order valence-electron chi connectivity index (χ0n) is 10.5. The SMILES string of the molecule is Cc1c(C)c(=O)n(CC(=O)C2CCOC2)[nH]c1=O. The van der Waals surface area contributed by atoms with E-state index in [9.17, 15) is 14.4 Å². The van der Waals surface area contributed by atoms with Crippen LogP contribution in [0.1, 0.15) is 17.5 Å². The first-order valence-corrected chi connectivity index (χ1v) is 5.91. The number of Topliss-reactive ketones (excluding diaryl/α,β-unsaturated/α-hetero) is 1. The highest BCUT2D eigenvalue weighted by atomic mass is 16.5. The number of hydrogen-bond acceptors (Lipinski definition) is 4. The van der Waals surface area contributed by atoms with Gasteiger partial charge < -0.3 is 4.74 Å². The van der Waals surface area contributed by atoms with Crippen molar-refractivity contribution >= 4 is 5.78 Å². The van der Waals surface area contributed by atoms with E-state index in [2.05, 4.69) is 5.10 Å². The molecule has 1 N–H and O–H groups in total. The summed E-state index contributed by atoms with van der Waals surface area (Å²) in [5, 5.41) is 2.43. The monoisotopic (exact) mass is 252 g/mol. The maximum atomic E-state index is 11.9. The lowest BCUT2D eigenvalue weighted by atomic mass is 10.0. The van der Waals surface area contributed by atoms with Crippen LogP contribution < -0.4 is 11.1 Å². The first-order valence-electron chi connectivity index (χ1n) is 5.91. The smallest absolute Gasteiger partial charge is 0.268 e. The van der Waals surface area contributed by atoms with Gasteiger partial charge in [0.25, 0.3) is 11.1 Å². The van der Waals surface area contributed by atoms with Crippen molar-refractivity contribution in [3.63, 3.8) is 0 Å². The molecule has 0 aliphatic carbocycles. The first-order chi connectivity index (χ1) is 8.50. The van der Waals surface area contributed by atoms with Gasteiger partial charge in [-0.05, 0) is 20.3 Å². The zero-order chi connectivity index (χ0) is 13.3. The van der Waals surface area contributed by atoms with Crippen molar-refractivity contribution < 1.29 is 9.53 Å². The number of aromatic amines is 1. The van der Waals surface area contributed by atoms with Crippen LogP contribution in [-0.2, 0) is 16.1 Å². The topological polar surface area (TPSA) is 81.2 Å². The predicted molar refractivity (Wildman–Crippen MR) is 64.7 cm³/mol. The van der Waals surface area contributed by atoms with Gasteiger partial charge >= 0.3 is 0 Å². The number of rotatable bonds is 3. The third-order valence-corrected chi connectivity index (χ3v) is 3.40. The van der Waals surface area contributed by atoms with E-state index in [0.29, 0.717) is 30.8 Å². The Labute approximate surface area is 104 Å². The summed E-state index contributed by atoms with van der Waals surface area (Å²) in [6.45, 7) is 4.07. The van der Waals surface area contributed by atoms with Crippen LogP contribution in [-0.4, -0.2) is 28.8 Å². The van der Waals surface area contributed by atoms with E-state index >= 15 is 0 Å². The summed E-state index contributed by atoms with van der Waals surface area (Å²) in [4.78, 5) is 35.4. The standard InChI is InChI=1S/C12H16N2O4/c1-7-8(2)12(17)14(13-11(7)16)5-10(15)9-3-4-18-6-9/h9H,3-6H2,1-2H3,(H,13,16). The number of aromatic nitrogens is 2. The number of carbonyl (C=O) groups excluding carboxylic acids is 1. The number of H-pyrrole nitrogens is 1. The molecule has 0 radical (unpaired) electrons. The minimum Gasteiger partial charge on any atom is -0.381 e. The van der Waals surface area contributed by atoms with Crippen molar-refractivity contribution in [2.45, 2.75) is 26.8 Å². The van der Waals surface area contributed by atoms with Gasteiger partial charge in [0.1, 0.15) is 6.54 Å². The fourth-order valence-electron chi connectivity index (χ4n) is 1.98. The normalized spacial score (nSPS) is 19.1. The third-order valence-electron chi connectivity index (χ3n) is 3.40. The average Bonchev–Trinajstić information content (AvgIpc) is 2.87. The van der Waals surface area contributed by atoms with Gasteiger partial charge in [-0.2, -0.15) is 0 Å². The Kier molecular flexibility index (Phi) is 3.47. The highest BCUT2D eigenvalue weighted by molar-refractivity contribution is 5.81. The Balaban J connectivity index is 2.27. The summed E-state index contributed by atoms with van der Waals surface area (Å²) in [6, 6.07) is 0. The van der Waals surface area contributed by atoms with Crippen LogP contribution in [0, 0.1) is 19.8 Å². The number of ether oxygens (including phenoxy) is 1. The van der Waals surface area contributed by atoms with Crippen molar-refractivity contribution in [1.29, 1.82) is 0 Å². The number of nitrogens with zero attached hydrogens (tertiary/aromatic N) is 1. The molecule has 1 aromatic heterocycles. The number of nitrogens with one attached hydrogen (secondary N) is 1. The van der Waals surface area contributed by atoms with Gasteiger partial charge in [-0.3, -0.25) is 19.5 Å². The lowest BCUT2D eigenvalue weighted by Crippen LogP contribution is -2.36. The van der Waals surface area contributed by atoms with Gasteiger partial charge in [0.05, 0.1) is 6.61 Å². The molecule has 18 heavy (non-hydrogen) atoms. The summed E-state index contributed by atoms with van der Waals surface area (Å²) < 4.78 is 6.22. The molecular formula is C12H16N2O4. The van der Waals surface area contributed by atoms with E-state index in [4.69, 9.17) is 4.74 Å². The first kappa shape index (κ1) is 12.8. The Morgan fingerprint density at radius 1 is 1.39 bits per heavy atom. The lowest BCUT2D eigenvalue weighted by molar-refractivity contribution is -0.123. The van der Waals surface area contributed by atoms with Crippen molar-refractivity contribution in [1.82, 2.24) is 9.78 Å². The molecule has 2 rings (SSSR count). The van der Waals surface area contributed by atoms with Crippen molar-refractivity contribution in [3.8, 4) is 0 Å². The van der Waals surface area contributed by atoms with E-state index in [-0.39, 0.29) is 29.4 Å². The Morgan fingerprint density at radius 2 is 2.11 bits per heavy atom. The molecule has 0 aromatic carbocycles. The number of carbonyl (C=O) groups is 1. The van der Waals surface area contributed by atoms with Gasteiger partial charge in [0.2, 0.25) is 0 Å².